The predicted octanol–water partition coefficient (Wildman–Crippen LogP) is 4.12. The lowest BCUT2D eigenvalue weighted by atomic mass is 10.1. The summed E-state index contributed by atoms with van der Waals surface area (Å²) < 4.78 is 0. The van der Waals surface area contributed by atoms with E-state index in [0.717, 1.165) is 18.0 Å². The van der Waals surface area contributed by atoms with Crippen LogP contribution in [0.5, 0.6) is 0 Å². The molecule has 0 fully saturated rings. The Hall–Kier alpha value is -0.830. The molecule has 2 rings (SSSR count). The van der Waals surface area contributed by atoms with Gasteiger partial charge in [-0.15, -0.1) is 0 Å². The van der Waals surface area contributed by atoms with Crippen LogP contribution < -0.4 is 5.32 Å². The van der Waals surface area contributed by atoms with Crippen molar-refractivity contribution >= 4 is 22.9 Å². The van der Waals surface area contributed by atoms with Crippen molar-refractivity contribution < 1.29 is 0 Å². The van der Waals surface area contributed by atoms with Crippen LogP contribution in [0.1, 0.15) is 18.1 Å². The summed E-state index contributed by atoms with van der Waals surface area (Å²) in [6.07, 6.45) is 1.03. The molecule has 0 saturated heterocycles. The molecule has 1 aromatic heterocycles. The quantitative estimate of drug-likeness (QED) is 0.857. The highest BCUT2D eigenvalue weighted by Gasteiger charge is 2.03. The number of thiophene rings is 1. The van der Waals surface area contributed by atoms with E-state index in [1.165, 1.54) is 11.1 Å². The molecule has 2 aromatic rings. The summed E-state index contributed by atoms with van der Waals surface area (Å²) in [7, 11) is 0. The first-order chi connectivity index (χ1) is 8.24. The van der Waals surface area contributed by atoms with Gasteiger partial charge in [-0.2, -0.15) is 11.3 Å². The van der Waals surface area contributed by atoms with E-state index in [2.05, 4.69) is 41.2 Å². The molecule has 0 aliphatic carbocycles. The fourth-order valence-electron chi connectivity index (χ4n) is 1.73. The first kappa shape index (κ1) is 12.6. The molecule has 0 radical (unpaired) electrons. The van der Waals surface area contributed by atoms with E-state index in [0.29, 0.717) is 6.04 Å². The summed E-state index contributed by atoms with van der Waals surface area (Å²) >= 11 is 7.60. The second-order valence-electron chi connectivity index (χ2n) is 4.24. The van der Waals surface area contributed by atoms with Gasteiger partial charge in [-0.05, 0) is 53.4 Å². The van der Waals surface area contributed by atoms with Crippen molar-refractivity contribution in [2.45, 2.75) is 25.9 Å². The van der Waals surface area contributed by atoms with Crippen molar-refractivity contribution in [1.29, 1.82) is 0 Å². The second-order valence-corrected chi connectivity index (χ2v) is 5.46. The Bertz CT molecular complexity index is 436. The predicted molar refractivity (Wildman–Crippen MR) is 75.8 cm³/mol. The van der Waals surface area contributed by atoms with Crippen LogP contribution in [-0.2, 0) is 13.0 Å². The average molecular weight is 266 g/mol. The van der Waals surface area contributed by atoms with Gasteiger partial charge in [0.1, 0.15) is 0 Å². The molecule has 0 spiro atoms. The summed E-state index contributed by atoms with van der Waals surface area (Å²) in [5, 5.41) is 8.62. The fraction of sp³-hybridized carbons (Fsp3) is 0.286. The number of nitrogens with one attached hydrogen (secondary N) is 1. The topological polar surface area (TPSA) is 12.0 Å². The number of hydrogen-bond acceptors (Lipinski definition) is 2. The van der Waals surface area contributed by atoms with Crippen molar-refractivity contribution in [2.75, 3.05) is 0 Å². The molecule has 1 unspecified atom stereocenters. The van der Waals surface area contributed by atoms with Gasteiger partial charge in [0.05, 0.1) is 0 Å². The number of rotatable bonds is 5. The van der Waals surface area contributed by atoms with Crippen molar-refractivity contribution in [3.05, 3.63) is 57.2 Å². The Labute approximate surface area is 111 Å². The van der Waals surface area contributed by atoms with Crippen LogP contribution in [0.2, 0.25) is 5.02 Å². The second kappa shape index (κ2) is 6.20. The molecule has 0 aliphatic heterocycles. The third kappa shape index (κ3) is 4.15. The third-order valence-electron chi connectivity index (χ3n) is 2.69. The standard InChI is InChI=1S/C14H16ClNS/c1-11(16-9-13-6-7-17-10-13)8-12-2-4-14(15)5-3-12/h2-7,10-11,16H,8-9H2,1H3. The van der Waals surface area contributed by atoms with Gasteiger partial charge >= 0.3 is 0 Å². The van der Waals surface area contributed by atoms with Gasteiger partial charge in [-0.25, -0.2) is 0 Å². The maximum Gasteiger partial charge on any atom is 0.0406 e. The zero-order valence-electron chi connectivity index (χ0n) is 9.82. The minimum atomic E-state index is 0.469. The van der Waals surface area contributed by atoms with Crippen LogP contribution in [0.15, 0.2) is 41.1 Å². The van der Waals surface area contributed by atoms with Crippen LogP contribution in [-0.4, -0.2) is 6.04 Å². The molecule has 1 N–H and O–H groups in total. The SMILES string of the molecule is CC(Cc1ccc(Cl)cc1)NCc1ccsc1. The van der Waals surface area contributed by atoms with Crippen LogP contribution in [0, 0.1) is 0 Å². The molecule has 3 heteroatoms. The van der Waals surface area contributed by atoms with Crippen LogP contribution in [0.3, 0.4) is 0 Å². The van der Waals surface area contributed by atoms with Gasteiger partial charge in [0.25, 0.3) is 0 Å². The van der Waals surface area contributed by atoms with Crippen molar-refractivity contribution in [3.63, 3.8) is 0 Å². The number of halogens is 1. The smallest absolute Gasteiger partial charge is 0.0406 e. The summed E-state index contributed by atoms with van der Waals surface area (Å²) in [6, 6.07) is 10.7. The molecule has 17 heavy (non-hydrogen) atoms. The minimum absolute atomic E-state index is 0.469. The molecule has 0 bridgehead atoms. The molecule has 1 atom stereocenters. The monoisotopic (exact) mass is 265 g/mol. The Morgan fingerprint density at radius 3 is 2.59 bits per heavy atom. The van der Waals surface area contributed by atoms with E-state index < -0.39 is 0 Å². The first-order valence-corrected chi connectivity index (χ1v) is 7.05. The molecule has 1 aromatic carbocycles. The van der Waals surface area contributed by atoms with Gasteiger partial charge in [0.2, 0.25) is 0 Å². The molecule has 0 aliphatic rings. The lowest BCUT2D eigenvalue weighted by molar-refractivity contribution is 0.546. The third-order valence-corrected chi connectivity index (χ3v) is 3.67. The normalized spacial score (nSPS) is 12.6. The lowest BCUT2D eigenvalue weighted by Gasteiger charge is -2.13. The van der Waals surface area contributed by atoms with E-state index in [1.807, 2.05) is 12.1 Å². The Kier molecular flexibility index (Phi) is 4.60. The van der Waals surface area contributed by atoms with Crippen molar-refractivity contribution in [2.24, 2.45) is 0 Å². The van der Waals surface area contributed by atoms with E-state index in [4.69, 9.17) is 11.6 Å². The summed E-state index contributed by atoms with van der Waals surface area (Å²) in [6.45, 7) is 3.15. The Morgan fingerprint density at radius 1 is 1.18 bits per heavy atom. The lowest BCUT2D eigenvalue weighted by Crippen LogP contribution is -2.27. The molecule has 1 nitrogen and oxygen atoms in total. The molecule has 0 amide bonds. The van der Waals surface area contributed by atoms with E-state index in [-0.39, 0.29) is 0 Å². The highest BCUT2D eigenvalue weighted by atomic mass is 35.5. The summed E-state index contributed by atoms with van der Waals surface area (Å²) in [4.78, 5) is 0. The van der Waals surface area contributed by atoms with Crippen LogP contribution in [0.4, 0.5) is 0 Å². The van der Waals surface area contributed by atoms with Gasteiger partial charge in [-0.3, -0.25) is 0 Å². The zero-order valence-corrected chi connectivity index (χ0v) is 11.4. The van der Waals surface area contributed by atoms with Crippen LogP contribution in [0.25, 0.3) is 0 Å². The molecule has 90 valence electrons. The van der Waals surface area contributed by atoms with Gasteiger partial charge in [0.15, 0.2) is 0 Å². The van der Waals surface area contributed by atoms with Crippen LogP contribution >= 0.6 is 22.9 Å². The van der Waals surface area contributed by atoms with E-state index >= 15 is 0 Å². The highest BCUT2D eigenvalue weighted by molar-refractivity contribution is 7.07. The minimum Gasteiger partial charge on any atom is -0.310 e. The van der Waals surface area contributed by atoms with E-state index in [9.17, 15) is 0 Å². The van der Waals surface area contributed by atoms with Gasteiger partial charge in [0, 0.05) is 17.6 Å². The highest BCUT2D eigenvalue weighted by Crippen LogP contribution is 2.11. The van der Waals surface area contributed by atoms with Gasteiger partial charge in [-0.1, -0.05) is 23.7 Å². The van der Waals surface area contributed by atoms with E-state index in [1.54, 1.807) is 11.3 Å². The maximum atomic E-state index is 5.86. The summed E-state index contributed by atoms with van der Waals surface area (Å²) in [5.74, 6) is 0. The molecular weight excluding hydrogens is 250 g/mol. The largest absolute Gasteiger partial charge is 0.310 e. The fourth-order valence-corrected chi connectivity index (χ4v) is 2.53. The van der Waals surface area contributed by atoms with Crippen molar-refractivity contribution in [1.82, 2.24) is 5.32 Å². The molecular formula is C14H16ClNS. The zero-order chi connectivity index (χ0) is 12.1. The Balaban J connectivity index is 1.80. The Morgan fingerprint density at radius 2 is 1.94 bits per heavy atom. The van der Waals surface area contributed by atoms with Gasteiger partial charge < -0.3 is 5.32 Å². The average Bonchev–Trinajstić information content (AvgIpc) is 2.83. The van der Waals surface area contributed by atoms with Crippen molar-refractivity contribution in [3.8, 4) is 0 Å². The number of benzene rings is 1. The maximum absolute atomic E-state index is 5.86. The first-order valence-electron chi connectivity index (χ1n) is 5.73. The molecule has 0 saturated carbocycles. The molecule has 1 heterocycles. The summed E-state index contributed by atoms with van der Waals surface area (Å²) in [5.41, 5.74) is 2.68. The number of hydrogen-bond donors (Lipinski definition) is 1.